The normalized spacial score (nSPS) is 11.2. The summed E-state index contributed by atoms with van der Waals surface area (Å²) in [5.74, 6) is -0.291. The van der Waals surface area contributed by atoms with Gasteiger partial charge in [0.1, 0.15) is 17.2 Å². The molecule has 118 valence electrons. The maximum atomic E-state index is 12.2. The lowest BCUT2D eigenvalue weighted by atomic mass is 10.2. The number of hydrogen-bond donors (Lipinski definition) is 2. The van der Waals surface area contributed by atoms with Gasteiger partial charge in [-0.05, 0) is 25.1 Å². The van der Waals surface area contributed by atoms with Crippen molar-refractivity contribution in [2.75, 3.05) is 11.8 Å². The average Bonchev–Trinajstić information content (AvgIpc) is 2.84. The summed E-state index contributed by atoms with van der Waals surface area (Å²) in [4.78, 5) is 11.8. The zero-order valence-corrected chi connectivity index (χ0v) is 13.5. The Bertz CT molecular complexity index is 801. The van der Waals surface area contributed by atoms with E-state index in [4.69, 9.17) is 16.1 Å². The van der Waals surface area contributed by atoms with E-state index in [2.05, 4.69) is 15.2 Å². The van der Waals surface area contributed by atoms with Crippen LogP contribution in [0.25, 0.3) is 0 Å². The Morgan fingerprint density at radius 3 is 2.68 bits per heavy atom. The molecular formula is C13H14ClN3O4S. The molecule has 1 amide bonds. The second-order valence-electron chi connectivity index (χ2n) is 4.56. The van der Waals surface area contributed by atoms with Crippen molar-refractivity contribution in [1.29, 1.82) is 0 Å². The number of aromatic nitrogens is 1. The van der Waals surface area contributed by atoms with Crippen LogP contribution in [0.5, 0.6) is 0 Å². The van der Waals surface area contributed by atoms with Gasteiger partial charge in [0.2, 0.25) is 10.0 Å². The lowest BCUT2D eigenvalue weighted by molar-refractivity contribution is 0.0964. The number of carbonyl (C=O) groups excluding carboxylic acids is 1. The molecule has 0 atom stereocenters. The van der Waals surface area contributed by atoms with Gasteiger partial charge in [0.05, 0.1) is 11.3 Å². The number of sulfonamides is 1. The van der Waals surface area contributed by atoms with Gasteiger partial charge in [-0.25, -0.2) is 8.42 Å². The van der Waals surface area contributed by atoms with Gasteiger partial charge in [-0.15, -0.1) is 0 Å². The maximum absolute atomic E-state index is 12.2. The summed E-state index contributed by atoms with van der Waals surface area (Å²) in [5.41, 5.74) is 0.555. The van der Waals surface area contributed by atoms with Crippen LogP contribution in [0.2, 0.25) is 5.02 Å². The van der Waals surface area contributed by atoms with Crippen LogP contribution in [0.1, 0.15) is 21.8 Å². The van der Waals surface area contributed by atoms with Gasteiger partial charge in [0, 0.05) is 18.1 Å². The first-order chi connectivity index (χ1) is 10.3. The molecule has 22 heavy (non-hydrogen) atoms. The predicted molar refractivity (Wildman–Crippen MR) is 82.3 cm³/mol. The Labute approximate surface area is 132 Å². The number of nitrogens with one attached hydrogen (secondary N) is 2. The Morgan fingerprint density at radius 2 is 2.09 bits per heavy atom. The van der Waals surface area contributed by atoms with Crippen LogP contribution in [0.4, 0.5) is 5.69 Å². The summed E-state index contributed by atoms with van der Waals surface area (Å²) < 4.78 is 31.5. The molecule has 0 aliphatic rings. The first kappa shape index (κ1) is 16.3. The number of anilines is 1. The van der Waals surface area contributed by atoms with Gasteiger partial charge in [-0.2, -0.15) is 0 Å². The molecule has 0 bridgehead atoms. The monoisotopic (exact) mass is 343 g/mol. The quantitative estimate of drug-likeness (QED) is 0.863. The van der Waals surface area contributed by atoms with Crippen molar-refractivity contribution in [1.82, 2.24) is 10.5 Å². The van der Waals surface area contributed by atoms with E-state index in [1.165, 1.54) is 31.3 Å². The smallest absolute Gasteiger partial charge is 0.253 e. The second kappa shape index (κ2) is 6.37. The van der Waals surface area contributed by atoms with Crippen LogP contribution in [0, 0.1) is 6.92 Å². The molecule has 0 fully saturated rings. The summed E-state index contributed by atoms with van der Waals surface area (Å²) >= 11 is 5.84. The van der Waals surface area contributed by atoms with Gasteiger partial charge in [-0.1, -0.05) is 16.8 Å². The maximum Gasteiger partial charge on any atom is 0.253 e. The van der Waals surface area contributed by atoms with Crippen LogP contribution in [0.3, 0.4) is 0 Å². The van der Waals surface area contributed by atoms with Crippen molar-refractivity contribution in [2.45, 2.75) is 12.7 Å². The molecule has 1 heterocycles. The molecule has 1 aromatic carbocycles. The molecule has 0 aliphatic carbocycles. The van der Waals surface area contributed by atoms with Gasteiger partial charge >= 0.3 is 0 Å². The molecule has 2 N–H and O–H groups in total. The van der Waals surface area contributed by atoms with Gasteiger partial charge in [-0.3, -0.25) is 9.52 Å². The number of amides is 1. The molecule has 0 saturated carbocycles. The molecule has 0 radical (unpaired) electrons. The third-order valence-corrected chi connectivity index (χ3v) is 4.18. The fourth-order valence-corrected chi connectivity index (χ4v) is 3.10. The van der Waals surface area contributed by atoms with Crippen LogP contribution in [-0.4, -0.2) is 26.5 Å². The number of benzene rings is 1. The van der Waals surface area contributed by atoms with Crippen molar-refractivity contribution < 1.29 is 17.7 Å². The van der Waals surface area contributed by atoms with E-state index in [0.29, 0.717) is 10.8 Å². The lowest BCUT2D eigenvalue weighted by Gasteiger charge is -2.11. The Morgan fingerprint density at radius 1 is 1.36 bits per heavy atom. The molecule has 7 nitrogen and oxygen atoms in total. The fourth-order valence-electron chi connectivity index (χ4n) is 1.81. The van der Waals surface area contributed by atoms with E-state index >= 15 is 0 Å². The lowest BCUT2D eigenvalue weighted by Crippen LogP contribution is -2.22. The molecule has 0 saturated heterocycles. The van der Waals surface area contributed by atoms with Gasteiger partial charge < -0.3 is 9.84 Å². The highest BCUT2D eigenvalue weighted by atomic mass is 35.5. The zero-order chi connectivity index (χ0) is 16.3. The Balaban J connectivity index is 2.27. The summed E-state index contributed by atoms with van der Waals surface area (Å²) in [6.07, 6.45) is 0. The molecule has 0 aliphatic heterocycles. The van der Waals surface area contributed by atoms with Gasteiger partial charge in [0.25, 0.3) is 5.91 Å². The largest absolute Gasteiger partial charge is 0.361 e. The van der Waals surface area contributed by atoms with Crippen molar-refractivity contribution in [2.24, 2.45) is 0 Å². The summed E-state index contributed by atoms with van der Waals surface area (Å²) in [6, 6.07) is 5.84. The third-order valence-electron chi connectivity index (χ3n) is 2.73. The average molecular weight is 344 g/mol. The van der Waals surface area contributed by atoms with E-state index in [0.717, 1.165) is 0 Å². The number of nitrogens with zero attached hydrogens (tertiary/aromatic N) is 1. The highest BCUT2D eigenvalue weighted by molar-refractivity contribution is 7.91. The van der Waals surface area contributed by atoms with E-state index < -0.39 is 15.9 Å². The van der Waals surface area contributed by atoms with Crippen molar-refractivity contribution in [3.05, 3.63) is 46.3 Å². The molecular weight excluding hydrogens is 330 g/mol. The number of hydrogen-bond acceptors (Lipinski definition) is 5. The highest BCUT2D eigenvalue weighted by Crippen LogP contribution is 2.22. The minimum atomic E-state index is -3.75. The Hall–Kier alpha value is -2.06. The summed E-state index contributed by atoms with van der Waals surface area (Å²) in [6.45, 7) is 1.67. The molecule has 2 aromatic rings. The van der Waals surface area contributed by atoms with E-state index in [1.807, 2.05) is 0 Å². The van der Waals surface area contributed by atoms with Crippen LogP contribution >= 0.6 is 11.6 Å². The third kappa shape index (κ3) is 3.99. The van der Waals surface area contributed by atoms with E-state index in [9.17, 15) is 13.2 Å². The molecule has 2 rings (SSSR count). The van der Waals surface area contributed by atoms with Crippen molar-refractivity contribution >= 4 is 33.2 Å². The SMILES string of the molecule is CNC(=O)c1cc(Cl)ccc1NS(=O)(=O)Cc1cc(C)on1. The fraction of sp³-hybridized carbons (Fsp3) is 0.231. The molecule has 9 heteroatoms. The summed E-state index contributed by atoms with van der Waals surface area (Å²) in [5, 5.41) is 6.39. The number of rotatable bonds is 5. The molecule has 0 unspecified atom stereocenters. The van der Waals surface area contributed by atoms with Crippen LogP contribution < -0.4 is 10.0 Å². The predicted octanol–water partition coefficient (Wildman–Crippen LogP) is 1.94. The minimum absolute atomic E-state index is 0.134. The number of carbonyl (C=O) groups is 1. The Kier molecular flexibility index (Phi) is 4.72. The van der Waals surface area contributed by atoms with Crippen molar-refractivity contribution in [3.63, 3.8) is 0 Å². The topological polar surface area (TPSA) is 101 Å². The zero-order valence-electron chi connectivity index (χ0n) is 11.9. The molecule has 0 spiro atoms. The van der Waals surface area contributed by atoms with E-state index in [-0.39, 0.29) is 22.7 Å². The number of aryl methyl sites for hydroxylation is 1. The number of halogens is 1. The van der Waals surface area contributed by atoms with Gasteiger partial charge in [0.15, 0.2) is 0 Å². The first-order valence-electron chi connectivity index (χ1n) is 6.25. The highest BCUT2D eigenvalue weighted by Gasteiger charge is 2.19. The summed E-state index contributed by atoms with van der Waals surface area (Å²) in [7, 11) is -2.30. The van der Waals surface area contributed by atoms with Crippen molar-refractivity contribution in [3.8, 4) is 0 Å². The van der Waals surface area contributed by atoms with Crippen LogP contribution in [-0.2, 0) is 15.8 Å². The first-order valence-corrected chi connectivity index (χ1v) is 8.28. The minimum Gasteiger partial charge on any atom is -0.361 e. The molecule has 1 aromatic heterocycles. The van der Waals surface area contributed by atoms with Crippen LogP contribution in [0.15, 0.2) is 28.8 Å². The standard InChI is InChI=1S/C13H14ClN3O4S/c1-8-5-10(16-21-8)7-22(19,20)17-12-4-3-9(14)6-11(12)13(18)15-2/h3-6,17H,7H2,1-2H3,(H,15,18). The second-order valence-corrected chi connectivity index (χ2v) is 6.72. The van der Waals surface area contributed by atoms with E-state index in [1.54, 1.807) is 6.92 Å².